The number of hydrogen-bond donors (Lipinski definition) is 1. The first kappa shape index (κ1) is 12.1. The van der Waals surface area contributed by atoms with Crippen LogP contribution in [0.5, 0.6) is 0 Å². The van der Waals surface area contributed by atoms with Gasteiger partial charge in [-0.25, -0.2) is 0 Å². The smallest absolute Gasteiger partial charge is 0.0359 e. The summed E-state index contributed by atoms with van der Waals surface area (Å²) in [6, 6.07) is 10.3. The van der Waals surface area contributed by atoms with E-state index < -0.39 is 0 Å². The number of rotatable bonds is 5. The summed E-state index contributed by atoms with van der Waals surface area (Å²) < 4.78 is 0. The zero-order chi connectivity index (χ0) is 12.1. The average molecular weight is 246 g/mol. The number of para-hydroxylation sites is 1. The molecule has 2 nitrogen and oxygen atoms in total. The first-order valence-corrected chi connectivity index (χ1v) is 6.80. The molecule has 1 aromatic heterocycles. The lowest BCUT2D eigenvalue weighted by molar-refractivity contribution is 0.272. The van der Waals surface area contributed by atoms with Gasteiger partial charge in [0.2, 0.25) is 0 Å². The van der Waals surface area contributed by atoms with E-state index in [1.54, 1.807) is 11.3 Å². The number of benzene rings is 1. The van der Waals surface area contributed by atoms with Gasteiger partial charge in [0, 0.05) is 18.8 Å². The molecular formula is C14H18N2S. The van der Waals surface area contributed by atoms with Gasteiger partial charge in [-0.15, -0.1) is 0 Å². The van der Waals surface area contributed by atoms with Crippen molar-refractivity contribution in [3.63, 3.8) is 0 Å². The van der Waals surface area contributed by atoms with E-state index >= 15 is 0 Å². The second-order valence-corrected chi connectivity index (χ2v) is 4.91. The van der Waals surface area contributed by atoms with Gasteiger partial charge >= 0.3 is 0 Å². The van der Waals surface area contributed by atoms with Crippen LogP contribution in [0.1, 0.15) is 18.1 Å². The predicted molar refractivity (Wildman–Crippen MR) is 75.0 cm³/mol. The summed E-state index contributed by atoms with van der Waals surface area (Å²) in [6.45, 7) is 5.13. The maximum absolute atomic E-state index is 5.97. The van der Waals surface area contributed by atoms with Gasteiger partial charge in [0.05, 0.1) is 0 Å². The number of nitrogen functional groups attached to an aromatic ring is 1. The van der Waals surface area contributed by atoms with Gasteiger partial charge in [-0.1, -0.05) is 25.1 Å². The number of hydrogen-bond acceptors (Lipinski definition) is 3. The Morgan fingerprint density at radius 1 is 1.18 bits per heavy atom. The van der Waals surface area contributed by atoms with Crippen LogP contribution in [-0.4, -0.2) is 11.4 Å². The average Bonchev–Trinajstić information content (AvgIpc) is 2.84. The lowest BCUT2D eigenvalue weighted by Gasteiger charge is -2.20. The van der Waals surface area contributed by atoms with E-state index in [2.05, 4.69) is 34.7 Å². The molecule has 3 heteroatoms. The number of nitrogens with two attached hydrogens (primary N) is 1. The van der Waals surface area contributed by atoms with Crippen LogP contribution in [0.4, 0.5) is 5.69 Å². The molecule has 0 aliphatic heterocycles. The van der Waals surface area contributed by atoms with E-state index in [0.29, 0.717) is 0 Å². The first-order valence-electron chi connectivity index (χ1n) is 5.86. The Kier molecular flexibility index (Phi) is 4.18. The summed E-state index contributed by atoms with van der Waals surface area (Å²) in [5, 5.41) is 4.33. The van der Waals surface area contributed by atoms with E-state index in [1.165, 1.54) is 11.1 Å². The zero-order valence-corrected chi connectivity index (χ0v) is 10.9. The molecule has 0 saturated carbocycles. The van der Waals surface area contributed by atoms with Crippen molar-refractivity contribution in [1.82, 2.24) is 4.90 Å². The summed E-state index contributed by atoms with van der Waals surface area (Å²) in [6.07, 6.45) is 0. The largest absolute Gasteiger partial charge is 0.398 e. The van der Waals surface area contributed by atoms with Crippen molar-refractivity contribution in [2.45, 2.75) is 20.0 Å². The van der Waals surface area contributed by atoms with E-state index in [4.69, 9.17) is 5.73 Å². The summed E-state index contributed by atoms with van der Waals surface area (Å²) in [7, 11) is 0. The highest BCUT2D eigenvalue weighted by Gasteiger charge is 2.06. The molecule has 90 valence electrons. The van der Waals surface area contributed by atoms with Crippen molar-refractivity contribution < 1.29 is 0 Å². The maximum atomic E-state index is 5.97. The van der Waals surface area contributed by atoms with E-state index in [0.717, 1.165) is 25.3 Å². The molecule has 1 aromatic carbocycles. The van der Waals surface area contributed by atoms with Gasteiger partial charge in [-0.3, -0.25) is 4.90 Å². The molecule has 0 aliphatic rings. The third-order valence-electron chi connectivity index (χ3n) is 2.88. The first-order chi connectivity index (χ1) is 8.29. The molecule has 0 fully saturated rings. The molecule has 0 amide bonds. The Balaban J connectivity index is 2.03. The van der Waals surface area contributed by atoms with E-state index in [9.17, 15) is 0 Å². The minimum atomic E-state index is 0.885. The standard InChI is InChI=1S/C14H18N2S/c1-2-16(9-12-7-8-17-11-12)10-13-5-3-4-6-14(13)15/h3-8,11H,2,9-10,15H2,1H3. The molecular weight excluding hydrogens is 228 g/mol. The van der Waals surface area contributed by atoms with E-state index in [1.807, 2.05) is 18.2 Å². The van der Waals surface area contributed by atoms with Crippen LogP contribution in [0.25, 0.3) is 0 Å². The summed E-state index contributed by atoms with van der Waals surface area (Å²) in [5.74, 6) is 0. The number of nitrogens with zero attached hydrogens (tertiary/aromatic N) is 1. The van der Waals surface area contributed by atoms with Gasteiger partial charge < -0.3 is 5.73 Å². The fourth-order valence-corrected chi connectivity index (χ4v) is 2.50. The van der Waals surface area contributed by atoms with Crippen LogP contribution in [-0.2, 0) is 13.1 Å². The molecule has 0 aliphatic carbocycles. The number of thiophene rings is 1. The molecule has 2 rings (SSSR count). The molecule has 1 heterocycles. The van der Waals surface area contributed by atoms with Gasteiger partial charge in [-0.05, 0) is 40.6 Å². The van der Waals surface area contributed by atoms with Crippen LogP contribution in [0.2, 0.25) is 0 Å². The third kappa shape index (κ3) is 3.32. The quantitative estimate of drug-likeness (QED) is 0.820. The fourth-order valence-electron chi connectivity index (χ4n) is 1.84. The zero-order valence-electron chi connectivity index (χ0n) is 10.1. The minimum absolute atomic E-state index is 0.885. The summed E-state index contributed by atoms with van der Waals surface area (Å²) in [4.78, 5) is 2.40. The summed E-state index contributed by atoms with van der Waals surface area (Å²) >= 11 is 1.75. The molecule has 0 saturated heterocycles. The van der Waals surface area contributed by atoms with E-state index in [-0.39, 0.29) is 0 Å². The van der Waals surface area contributed by atoms with Gasteiger partial charge in [0.1, 0.15) is 0 Å². The predicted octanol–water partition coefficient (Wildman–Crippen LogP) is 3.35. The highest BCUT2D eigenvalue weighted by atomic mass is 32.1. The topological polar surface area (TPSA) is 29.3 Å². The van der Waals surface area contributed by atoms with Crippen molar-refractivity contribution in [2.24, 2.45) is 0 Å². The van der Waals surface area contributed by atoms with Crippen LogP contribution >= 0.6 is 11.3 Å². The molecule has 2 aromatic rings. The van der Waals surface area contributed by atoms with Crippen molar-refractivity contribution >= 4 is 17.0 Å². The Labute approximate surface area is 107 Å². The molecule has 0 unspecified atom stereocenters. The Morgan fingerprint density at radius 2 is 2.00 bits per heavy atom. The lowest BCUT2D eigenvalue weighted by Crippen LogP contribution is -2.22. The van der Waals surface area contributed by atoms with Crippen LogP contribution in [0.3, 0.4) is 0 Å². The highest BCUT2D eigenvalue weighted by Crippen LogP contribution is 2.16. The monoisotopic (exact) mass is 246 g/mol. The molecule has 0 bridgehead atoms. The van der Waals surface area contributed by atoms with Crippen LogP contribution in [0, 0.1) is 0 Å². The Morgan fingerprint density at radius 3 is 2.65 bits per heavy atom. The van der Waals surface area contributed by atoms with Crippen LogP contribution < -0.4 is 5.73 Å². The van der Waals surface area contributed by atoms with Crippen molar-refractivity contribution in [1.29, 1.82) is 0 Å². The molecule has 0 spiro atoms. The second kappa shape index (κ2) is 5.84. The fraction of sp³-hybridized carbons (Fsp3) is 0.286. The second-order valence-electron chi connectivity index (χ2n) is 4.13. The van der Waals surface area contributed by atoms with Crippen molar-refractivity contribution in [3.8, 4) is 0 Å². The van der Waals surface area contributed by atoms with Gasteiger partial charge in [0.15, 0.2) is 0 Å². The summed E-state index contributed by atoms with van der Waals surface area (Å²) in [5.41, 5.74) is 9.45. The maximum Gasteiger partial charge on any atom is 0.0359 e. The lowest BCUT2D eigenvalue weighted by atomic mass is 10.1. The molecule has 2 N–H and O–H groups in total. The Bertz CT molecular complexity index is 451. The minimum Gasteiger partial charge on any atom is -0.398 e. The Hall–Kier alpha value is -1.32. The third-order valence-corrected chi connectivity index (χ3v) is 3.61. The highest BCUT2D eigenvalue weighted by molar-refractivity contribution is 7.07. The molecule has 0 atom stereocenters. The number of anilines is 1. The van der Waals surface area contributed by atoms with Crippen molar-refractivity contribution in [2.75, 3.05) is 12.3 Å². The van der Waals surface area contributed by atoms with Gasteiger partial charge in [-0.2, -0.15) is 11.3 Å². The normalized spacial score (nSPS) is 10.9. The van der Waals surface area contributed by atoms with Crippen LogP contribution in [0.15, 0.2) is 41.1 Å². The van der Waals surface area contributed by atoms with Crippen molar-refractivity contribution in [3.05, 3.63) is 52.2 Å². The molecule has 17 heavy (non-hydrogen) atoms. The van der Waals surface area contributed by atoms with Gasteiger partial charge in [0.25, 0.3) is 0 Å². The molecule has 0 radical (unpaired) electrons. The SMILES string of the molecule is CCN(Cc1ccsc1)Cc1ccccc1N.